The van der Waals surface area contributed by atoms with Crippen molar-refractivity contribution in [3.63, 3.8) is 0 Å². The minimum atomic E-state index is 0.500. The number of hydrogen-bond donors (Lipinski definition) is 1. The van der Waals surface area contributed by atoms with Crippen LogP contribution in [0.4, 0.5) is 5.69 Å². The van der Waals surface area contributed by atoms with Crippen LogP contribution in [-0.2, 0) is 11.0 Å². The lowest BCUT2D eigenvalue weighted by molar-refractivity contribution is 0.326. The summed E-state index contributed by atoms with van der Waals surface area (Å²) in [5.74, 6) is 0. The predicted octanol–water partition coefficient (Wildman–Crippen LogP) is 2.41. The molecule has 0 saturated carbocycles. The van der Waals surface area contributed by atoms with Gasteiger partial charge in [0, 0.05) is 0 Å². The molecule has 0 amide bonds. The highest BCUT2D eigenvalue weighted by Gasteiger charge is 2.04. The molecule has 0 bridgehead atoms. The van der Waals surface area contributed by atoms with Crippen LogP contribution in [0.3, 0.4) is 0 Å². The molecule has 2 nitrogen and oxygen atoms in total. The Labute approximate surface area is 86.0 Å². The molecule has 1 rings (SSSR count). The van der Waals surface area contributed by atoms with Gasteiger partial charge in [0.05, 0.1) is 17.3 Å². The highest BCUT2D eigenvalue weighted by Crippen LogP contribution is 2.25. The first kappa shape index (κ1) is 10.6. The average molecular weight is 214 g/mol. The molecule has 0 saturated heterocycles. The number of nitrogens with two attached hydrogens (primary N) is 1. The minimum Gasteiger partial charge on any atom is -0.413 e. The summed E-state index contributed by atoms with van der Waals surface area (Å²) < 4.78 is 5.32. The van der Waals surface area contributed by atoms with E-state index in [1.54, 1.807) is 6.07 Å². The fourth-order valence-corrected chi connectivity index (χ4v) is 1.55. The van der Waals surface area contributed by atoms with Crippen molar-refractivity contribution in [2.24, 2.45) is 0 Å². The van der Waals surface area contributed by atoms with Gasteiger partial charge in [-0.3, -0.25) is 0 Å². The number of halogens is 1. The maximum absolute atomic E-state index is 5.86. The van der Waals surface area contributed by atoms with E-state index in [1.807, 2.05) is 19.5 Å². The number of anilines is 1. The Morgan fingerprint density at radius 3 is 2.85 bits per heavy atom. The second-order valence-corrected chi connectivity index (χ2v) is 3.84. The van der Waals surface area contributed by atoms with Gasteiger partial charge in [-0.05, 0) is 30.7 Å². The molecule has 0 unspecified atom stereocenters. The third-order valence-corrected chi connectivity index (χ3v) is 2.71. The summed E-state index contributed by atoms with van der Waals surface area (Å²) in [7, 11) is 0.500. The largest absolute Gasteiger partial charge is 0.413 e. The van der Waals surface area contributed by atoms with Gasteiger partial charge in [0.1, 0.15) is 0 Å². The molecular weight excluding hydrogens is 202 g/mol. The van der Waals surface area contributed by atoms with Gasteiger partial charge in [-0.1, -0.05) is 17.7 Å². The smallest absolute Gasteiger partial charge is 0.226 e. The van der Waals surface area contributed by atoms with Crippen molar-refractivity contribution in [1.82, 2.24) is 0 Å². The zero-order valence-corrected chi connectivity index (χ0v) is 9.48. The van der Waals surface area contributed by atoms with E-state index in [0.717, 1.165) is 11.1 Å². The second kappa shape index (κ2) is 4.65. The van der Waals surface area contributed by atoms with Gasteiger partial charge in [-0.25, -0.2) is 0 Å². The Bertz CT molecular complexity index is 304. The second-order valence-electron chi connectivity index (χ2n) is 2.74. The van der Waals surface area contributed by atoms with Crippen molar-refractivity contribution < 1.29 is 4.43 Å². The van der Waals surface area contributed by atoms with E-state index >= 15 is 0 Å². The first-order valence-corrected chi connectivity index (χ1v) is 5.77. The molecule has 13 heavy (non-hydrogen) atoms. The zero-order chi connectivity index (χ0) is 9.84. The van der Waals surface area contributed by atoms with Crippen LogP contribution in [0.1, 0.15) is 11.1 Å². The number of benzene rings is 1. The monoisotopic (exact) mass is 213 g/mol. The topological polar surface area (TPSA) is 35.2 Å². The number of rotatable bonds is 3. The first-order valence-electron chi connectivity index (χ1n) is 3.98. The van der Waals surface area contributed by atoms with Crippen LogP contribution < -0.4 is 5.73 Å². The molecule has 2 N–H and O–H groups in total. The maximum Gasteiger partial charge on any atom is 0.226 e. The van der Waals surface area contributed by atoms with Gasteiger partial charge >= 0.3 is 0 Å². The lowest BCUT2D eigenvalue weighted by atomic mass is 10.1. The third-order valence-electron chi connectivity index (χ3n) is 1.95. The minimum absolute atomic E-state index is 0.500. The standard InChI is InChI=1S/C9H12ClNOSi/c1-6-7(5-12-13-2)3-4-8(10)9(6)11/h3-4H,5,11H2,1-2H3. The van der Waals surface area contributed by atoms with Gasteiger partial charge in [0.15, 0.2) is 0 Å². The molecule has 0 aliphatic rings. The number of hydrogen-bond acceptors (Lipinski definition) is 2. The number of nitrogen functional groups attached to an aromatic ring is 1. The van der Waals surface area contributed by atoms with Crippen molar-refractivity contribution in [2.45, 2.75) is 20.1 Å². The molecule has 0 aliphatic heterocycles. The van der Waals surface area contributed by atoms with Crippen molar-refractivity contribution in [3.8, 4) is 0 Å². The Kier molecular flexibility index (Phi) is 3.78. The molecular formula is C9H12ClNOSi. The van der Waals surface area contributed by atoms with Gasteiger partial charge in [0.2, 0.25) is 9.76 Å². The van der Waals surface area contributed by atoms with Crippen molar-refractivity contribution in [2.75, 3.05) is 5.73 Å². The molecule has 0 aromatic heterocycles. The van der Waals surface area contributed by atoms with Crippen LogP contribution in [0.5, 0.6) is 0 Å². The third kappa shape index (κ3) is 2.46. The molecule has 2 radical (unpaired) electrons. The molecule has 0 atom stereocenters. The Balaban J connectivity index is 2.90. The summed E-state index contributed by atoms with van der Waals surface area (Å²) in [6.45, 7) is 4.56. The van der Waals surface area contributed by atoms with E-state index in [-0.39, 0.29) is 0 Å². The molecule has 70 valence electrons. The summed E-state index contributed by atoms with van der Waals surface area (Å²) in [6, 6.07) is 3.76. The fraction of sp³-hybridized carbons (Fsp3) is 0.333. The zero-order valence-electron chi connectivity index (χ0n) is 7.73. The van der Waals surface area contributed by atoms with Crippen LogP contribution >= 0.6 is 11.6 Å². The SMILES string of the molecule is C[Si]OCc1ccc(Cl)c(N)c1C. The Morgan fingerprint density at radius 1 is 1.54 bits per heavy atom. The van der Waals surface area contributed by atoms with Crippen molar-refractivity contribution in [1.29, 1.82) is 0 Å². The van der Waals surface area contributed by atoms with E-state index in [0.29, 0.717) is 27.1 Å². The molecule has 1 aromatic carbocycles. The van der Waals surface area contributed by atoms with Gasteiger partial charge in [0.25, 0.3) is 0 Å². The van der Waals surface area contributed by atoms with E-state index in [9.17, 15) is 0 Å². The molecule has 0 spiro atoms. The van der Waals surface area contributed by atoms with Gasteiger partial charge in [-0.15, -0.1) is 0 Å². The highest BCUT2D eigenvalue weighted by atomic mass is 35.5. The molecule has 4 heteroatoms. The first-order chi connectivity index (χ1) is 6.16. The van der Waals surface area contributed by atoms with Gasteiger partial charge in [-0.2, -0.15) is 0 Å². The summed E-state index contributed by atoms with van der Waals surface area (Å²) >= 11 is 5.86. The van der Waals surface area contributed by atoms with Crippen molar-refractivity contribution >= 4 is 27.1 Å². The van der Waals surface area contributed by atoms with E-state index in [2.05, 4.69) is 0 Å². The van der Waals surface area contributed by atoms with E-state index in [4.69, 9.17) is 21.8 Å². The van der Waals surface area contributed by atoms with E-state index < -0.39 is 0 Å². The lowest BCUT2D eigenvalue weighted by Gasteiger charge is -2.09. The van der Waals surface area contributed by atoms with Crippen LogP contribution in [0, 0.1) is 6.92 Å². The molecule has 1 aromatic rings. The van der Waals surface area contributed by atoms with Gasteiger partial charge < -0.3 is 10.2 Å². The predicted molar refractivity (Wildman–Crippen MR) is 57.0 cm³/mol. The van der Waals surface area contributed by atoms with Crippen LogP contribution in [0.25, 0.3) is 0 Å². The summed E-state index contributed by atoms with van der Waals surface area (Å²) in [4.78, 5) is 0. The molecule has 0 aliphatic carbocycles. The van der Waals surface area contributed by atoms with E-state index in [1.165, 1.54) is 0 Å². The Morgan fingerprint density at radius 2 is 2.23 bits per heavy atom. The summed E-state index contributed by atoms with van der Waals surface area (Å²) in [5.41, 5.74) is 8.55. The summed E-state index contributed by atoms with van der Waals surface area (Å²) in [6.07, 6.45) is 0. The molecule has 0 fully saturated rings. The molecule has 0 heterocycles. The van der Waals surface area contributed by atoms with Crippen LogP contribution in [0.15, 0.2) is 12.1 Å². The summed E-state index contributed by atoms with van der Waals surface area (Å²) in [5, 5.41) is 0.611. The average Bonchev–Trinajstić information content (AvgIpc) is 2.13. The quantitative estimate of drug-likeness (QED) is 0.618. The highest BCUT2D eigenvalue weighted by molar-refractivity contribution is 6.33. The van der Waals surface area contributed by atoms with Crippen LogP contribution in [0.2, 0.25) is 11.6 Å². The normalized spacial score (nSPS) is 10.4. The Hall–Kier alpha value is -0.513. The van der Waals surface area contributed by atoms with Crippen molar-refractivity contribution in [3.05, 3.63) is 28.3 Å². The maximum atomic E-state index is 5.86. The fourth-order valence-electron chi connectivity index (χ4n) is 1.05. The van der Waals surface area contributed by atoms with Crippen LogP contribution in [-0.4, -0.2) is 9.76 Å². The lowest BCUT2D eigenvalue weighted by Crippen LogP contribution is -2.00.